The lowest BCUT2D eigenvalue weighted by molar-refractivity contribution is -0.270. The lowest BCUT2D eigenvalue weighted by Gasteiger charge is -2.42. The van der Waals surface area contributed by atoms with Crippen LogP contribution in [0.1, 0.15) is 84.1 Å². The van der Waals surface area contributed by atoms with Crippen LogP contribution in [0.5, 0.6) is 0 Å². The first kappa shape index (κ1) is 40.1. The van der Waals surface area contributed by atoms with Crippen molar-refractivity contribution in [2.75, 3.05) is 26.3 Å². The number of unbranched alkanes of at least 4 members (excludes halogenated alkanes) is 5. The van der Waals surface area contributed by atoms with Crippen LogP contribution in [0.25, 0.3) is 0 Å². The number of aliphatic hydroxyl groups is 3. The molecule has 0 spiro atoms. The molecular weight excluding hydrogens is 608 g/mol. The standard InChI is InChI=1S/C34H56N4O9/c1-4-23(2)32(44)35-18-13-8-11-17-28(41)38-26(21-25-15-9-7-10-16-25)33(45)36-19-12-5-6-14-20-46-34-29(37-24(3)40)31(43)30(42)27(22-39)47-34/h7,9-10,15-16,23,26-27,29-31,34,39,42-43H,4-6,8,11-14,17-22H2,1-3H3,(H,35,44)(H,36,45)(H,37,40)(H,38,41)/t23?,26-,27?,29?,30+,31?,34+/m0/s1. The van der Waals surface area contributed by atoms with Crippen molar-refractivity contribution < 1.29 is 44.0 Å². The summed E-state index contributed by atoms with van der Waals surface area (Å²) in [7, 11) is 0. The Hall–Kier alpha value is -3.10. The molecule has 1 heterocycles. The predicted octanol–water partition coefficient (Wildman–Crippen LogP) is 1.07. The molecule has 0 bridgehead atoms. The van der Waals surface area contributed by atoms with Crippen LogP contribution in [-0.2, 0) is 35.1 Å². The molecule has 4 unspecified atom stereocenters. The van der Waals surface area contributed by atoms with Crippen molar-refractivity contribution in [1.29, 1.82) is 0 Å². The number of ether oxygens (including phenoxy) is 2. The Kier molecular flexibility index (Phi) is 19.2. The van der Waals surface area contributed by atoms with E-state index in [4.69, 9.17) is 9.47 Å². The van der Waals surface area contributed by atoms with E-state index >= 15 is 0 Å². The Morgan fingerprint density at radius 1 is 0.894 bits per heavy atom. The van der Waals surface area contributed by atoms with Crippen LogP contribution in [0.2, 0.25) is 0 Å². The van der Waals surface area contributed by atoms with Gasteiger partial charge in [-0.3, -0.25) is 19.2 Å². The van der Waals surface area contributed by atoms with E-state index in [0.717, 1.165) is 44.1 Å². The maximum Gasteiger partial charge on any atom is 0.242 e. The first-order chi connectivity index (χ1) is 22.6. The van der Waals surface area contributed by atoms with Crippen LogP contribution in [0.4, 0.5) is 0 Å². The number of aliphatic hydroxyl groups excluding tert-OH is 3. The molecule has 0 radical (unpaired) electrons. The second-order valence-electron chi connectivity index (χ2n) is 12.2. The average Bonchev–Trinajstić information content (AvgIpc) is 3.06. The van der Waals surface area contributed by atoms with E-state index in [1.807, 2.05) is 44.2 Å². The lowest BCUT2D eigenvalue weighted by Crippen LogP contribution is -2.64. The number of carbonyl (C=O) groups excluding carboxylic acids is 4. The molecule has 7 atom stereocenters. The van der Waals surface area contributed by atoms with E-state index in [0.29, 0.717) is 38.8 Å². The molecule has 7 N–H and O–H groups in total. The monoisotopic (exact) mass is 664 g/mol. The Balaban J connectivity index is 1.71. The SMILES string of the molecule is CCC(C)C(=O)NCCCCCC(=O)N[C@@H](Cc1ccccc1)C(=O)NCCCCCCO[C@@H]1OC(CO)[C@@H](O)C(O)C1NC(C)=O. The van der Waals surface area contributed by atoms with Crippen LogP contribution < -0.4 is 21.3 Å². The van der Waals surface area contributed by atoms with Gasteiger partial charge in [0.05, 0.1) is 6.61 Å². The zero-order valence-corrected chi connectivity index (χ0v) is 28.1. The zero-order chi connectivity index (χ0) is 34.6. The minimum absolute atomic E-state index is 0.00298. The number of nitrogens with one attached hydrogen (secondary N) is 4. The van der Waals surface area contributed by atoms with E-state index in [-0.39, 0.29) is 30.2 Å². The topological polar surface area (TPSA) is 196 Å². The number of rotatable bonds is 22. The molecule has 1 fully saturated rings. The molecule has 0 aliphatic carbocycles. The molecule has 1 aliphatic heterocycles. The van der Waals surface area contributed by atoms with Gasteiger partial charge in [0.1, 0.15) is 30.4 Å². The minimum atomic E-state index is -1.36. The number of benzene rings is 1. The highest BCUT2D eigenvalue weighted by Gasteiger charge is 2.45. The second-order valence-corrected chi connectivity index (χ2v) is 12.2. The van der Waals surface area contributed by atoms with Gasteiger partial charge in [-0.25, -0.2) is 0 Å². The first-order valence-electron chi connectivity index (χ1n) is 17.0. The molecule has 1 aliphatic rings. The van der Waals surface area contributed by atoms with Gasteiger partial charge in [0.15, 0.2) is 6.29 Å². The average molecular weight is 665 g/mol. The summed E-state index contributed by atoms with van der Waals surface area (Å²) in [5.74, 6) is -0.783. The highest BCUT2D eigenvalue weighted by molar-refractivity contribution is 5.87. The van der Waals surface area contributed by atoms with Gasteiger partial charge in [0, 0.05) is 45.4 Å². The summed E-state index contributed by atoms with van der Waals surface area (Å²) >= 11 is 0. The van der Waals surface area contributed by atoms with Crippen LogP contribution in [0, 0.1) is 5.92 Å². The normalized spacial score (nSPS) is 22.1. The Bertz CT molecular complexity index is 1080. The van der Waals surface area contributed by atoms with Gasteiger partial charge in [0.2, 0.25) is 23.6 Å². The molecule has 2 rings (SSSR count). The van der Waals surface area contributed by atoms with E-state index in [1.54, 1.807) is 0 Å². The smallest absolute Gasteiger partial charge is 0.242 e. The molecular formula is C34H56N4O9. The molecule has 1 aromatic carbocycles. The summed E-state index contributed by atoms with van der Waals surface area (Å²) in [4.78, 5) is 49.2. The fourth-order valence-corrected chi connectivity index (χ4v) is 5.21. The van der Waals surface area contributed by atoms with Crippen molar-refractivity contribution in [3.05, 3.63) is 35.9 Å². The van der Waals surface area contributed by atoms with E-state index in [2.05, 4.69) is 21.3 Å². The van der Waals surface area contributed by atoms with Gasteiger partial charge >= 0.3 is 0 Å². The van der Waals surface area contributed by atoms with Crippen molar-refractivity contribution >= 4 is 23.6 Å². The largest absolute Gasteiger partial charge is 0.394 e. The molecule has 47 heavy (non-hydrogen) atoms. The molecule has 1 aromatic rings. The lowest BCUT2D eigenvalue weighted by atomic mass is 9.97. The number of carbonyl (C=O) groups is 4. The van der Waals surface area contributed by atoms with Crippen LogP contribution in [-0.4, -0.2) is 102 Å². The van der Waals surface area contributed by atoms with Crippen LogP contribution in [0.3, 0.4) is 0 Å². The highest BCUT2D eigenvalue weighted by Crippen LogP contribution is 2.22. The van der Waals surface area contributed by atoms with Crippen molar-refractivity contribution in [2.24, 2.45) is 5.92 Å². The number of amides is 4. The maximum atomic E-state index is 13.1. The van der Waals surface area contributed by atoms with E-state index in [9.17, 15) is 34.5 Å². The third-order valence-electron chi connectivity index (χ3n) is 8.28. The van der Waals surface area contributed by atoms with Crippen molar-refractivity contribution in [3.8, 4) is 0 Å². The Morgan fingerprint density at radius 2 is 1.53 bits per heavy atom. The van der Waals surface area contributed by atoms with Gasteiger partial charge in [-0.15, -0.1) is 0 Å². The van der Waals surface area contributed by atoms with Gasteiger partial charge in [-0.05, 0) is 37.7 Å². The summed E-state index contributed by atoms with van der Waals surface area (Å²) in [6, 6.07) is 7.86. The summed E-state index contributed by atoms with van der Waals surface area (Å²) in [5, 5.41) is 41.2. The Labute approximate surface area is 278 Å². The van der Waals surface area contributed by atoms with Gasteiger partial charge in [-0.2, -0.15) is 0 Å². The molecule has 0 aromatic heterocycles. The fraction of sp³-hybridized carbons (Fsp3) is 0.706. The van der Waals surface area contributed by atoms with Crippen LogP contribution in [0.15, 0.2) is 30.3 Å². The van der Waals surface area contributed by atoms with Crippen molar-refractivity contribution in [3.63, 3.8) is 0 Å². The summed E-state index contributed by atoms with van der Waals surface area (Å²) in [5.41, 5.74) is 0.944. The second kappa shape index (κ2) is 22.5. The maximum absolute atomic E-state index is 13.1. The number of hydrogen-bond acceptors (Lipinski definition) is 9. The fourth-order valence-electron chi connectivity index (χ4n) is 5.21. The van der Waals surface area contributed by atoms with Crippen molar-refractivity contribution in [2.45, 2.75) is 122 Å². The van der Waals surface area contributed by atoms with Gasteiger partial charge < -0.3 is 46.1 Å². The molecule has 4 amide bonds. The zero-order valence-electron chi connectivity index (χ0n) is 28.1. The summed E-state index contributed by atoms with van der Waals surface area (Å²) in [6.07, 6.45) is 1.93. The third kappa shape index (κ3) is 15.1. The molecule has 13 heteroatoms. The van der Waals surface area contributed by atoms with E-state index < -0.39 is 49.2 Å². The summed E-state index contributed by atoms with van der Waals surface area (Å²) in [6.45, 7) is 5.96. The van der Waals surface area contributed by atoms with Gasteiger partial charge in [0.25, 0.3) is 0 Å². The van der Waals surface area contributed by atoms with Crippen LogP contribution >= 0.6 is 0 Å². The molecule has 0 saturated carbocycles. The number of hydrogen-bond donors (Lipinski definition) is 7. The Morgan fingerprint density at radius 3 is 2.17 bits per heavy atom. The summed E-state index contributed by atoms with van der Waals surface area (Å²) < 4.78 is 11.3. The first-order valence-corrected chi connectivity index (χ1v) is 17.0. The molecule has 13 nitrogen and oxygen atoms in total. The predicted molar refractivity (Wildman–Crippen MR) is 176 cm³/mol. The van der Waals surface area contributed by atoms with Crippen molar-refractivity contribution in [1.82, 2.24) is 21.3 Å². The quantitative estimate of drug-likeness (QED) is 0.0888. The minimum Gasteiger partial charge on any atom is -0.394 e. The van der Waals surface area contributed by atoms with Gasteiger partial charge in [-0.1, -0.05) is 63.4 Å². The highest BCUT2D eigenvalue weighted by atomic mass is 16.7. The molecule has 1 saturated heterocycles. The van der Waals surface area contributed by atoms with E-state index in [1.165, 1.54) is 6.92 Å². The molecule has 266 valence electrons. The third-order valence-corrected chi connectivity index (χ3v) is 8.28.